The fourth-order valence-corrected chi connectivity index (χ4v) is 8.27. The van der Waals surface area contributed by atoms with E-state index in [0.717, 1.165) is 0 Å². The maximum atomic E-state index is 10.1. The second-order valence-electron chi connectivity index (χ2n) is 17.5. The Hall–Kier alpha value is -1.12. The lowest BCUT2D eigenvalue weighted by Gasteiger charge is -2.45. The Morgan fingerprint density at radius 3 is 0.881 bits per heavy atom. The highest BCUT2D eigenvalue weighted by Gasteiger charge is 2.52. The summed E-state index contributed by atoms with van der Waals surface area (Å²) in [6.07, 6.45) is -36.8. The summed E-state index contributed by atoms with van der Waals surface area (Å²) in [6, 6.07) is 0. The van der Waals surface area contributed by atoms with E-state index in [9.17, 15) is 86.8 Å². The van der Waals surface area contributed by atoms with Crippen LogP contribution in [-0.4, -0.2) is 307 Å². The molecule has 28 heteroatoms. The van der Waals surface area contributed by atoms with Gasteiger partial charge in [0.15, 0.2) is 18.9 Å². The van der Waals surface area contributed by atoms with Crippen LogP contribution < -0.4 is 0 Å². The number of aliphatic hydroxyl groups is 19. The molecule has 396 valence electrons. The van der Waals surface area contributed by atoms with Gasteiger partial charge in [0.2, 0.25) is 0 Å². The number of aliphatic hydroxyl groups excluding tert-OH is 19. The predicted molar refractivity (Wildman–Crippen MR) is 213 cm³/mol. The van der Waals surface area contributed by atoms with Gasteiger partial charge in [0.25, 0.3) is 0 Å². The molecule has 6 saturated heterocycles. The van der Waals surface area contributed by atoms with E-state index in [1.54, 1.807) is 13.8 Å². The van der Waals surface area contributed by atoms with E-state index in [-0.39, 0.29) is 0 Å². The first-order valence-corrected chi connectivity index (χ1v) is 21.9. The molecule has 6 heterocycles. The van der Waals surface area contributed by atoms with Gasteiger partial charge in [-0.15, -0.1) is 0 Å². The van der Waals surface area contributed by atoms with Crippen molar-refractivity contribution in [1.82, 2.24) is 0 Å². The molecule has 28 nitrogen and oxygen atoms in total. The zero-order valence-electron chi connectivity index (χ0n) is 37.3. The summed E-state index contributed by atoms with van der Waals surface area (Å²) in [5.41, 5.74) is 0. The molecule has 0 aromatic heterocycles. The lowest BCUT2D eigenvalue weighted by atomic mass is 9.95. The quantitative estimate of drug-likeness (QED) is 0.0966. The van der Waals surface area contributed by atoms with Gasteiger partial charge in [-0.1, -0.05) is 0 Å². The standard InChI is InChI=1S/2C13H24O10.C13H24O8/c2*1-4-7(16)10(19)12(6(3-15)21-4)23-13-11(20)9(18)8(17)5(2-14)22-13;1-4-8(15)10(17)12(6(3)19-4)21-13-11(18)9(16)7(14)5(2)20-13/h2*4-20H,2-3H2,1H3;4-18H,1-3H3. The van der Waals surface area contributed by atoms with E-state index in [1.807, 2.05) is 0 Å². The molecule has 0 amide bonds. The minimum absolute atomic E-state index is 0.518. The molecule has 0 radical (unpaired) electrons. The molecule has 6 fully saturated rings. The molecule has 30 atom stereocenters. The minimum Gasteiger partial charge on any atom is -0.394 e. The molecule has 6 aliphatic rings. The van der Waals surface area contributed by atoms with Gasteiger partial charge in [-0.05, 0) is 34.6 Å². The molecule has 0 aromatic rings. The highest BCUT2D eigenvalue weighted by Crippen LogP contribution is 2.32. The van der Waals surface area contributed by atoms with Crippen LogP contribution in [0.4, 0.5) is 0 Å². The lowest BCUT2D eigenvalue weighted by molar-refractivity contribution is -0.341. The Balaban J connectivity index is 0.000000220. The third kappa shape index (κ3) is 13.3. The van der Waals surface area contributed by atoms with Crippen LogP contribution in [0.2, 0.25) is 0 Å². The van der Waals surface area contributed by atoms with Gasteiger partial charge in [-0.25, -0.2) is 0 Å². The van der Waals surface area contributed by atoms with E-state index in [0.29, 0.717) is 0 Å². The molecule has 67 heavy (non-hydrogen) atoms. The number of ether oxygens (including phenoxy) is 9. The number of rotatable bonds is 10. The molecule has 6 rings (SSSR count). The van der Waals surface area contributed by atoms with Gasteiger partial charge < -0.3 is 140 Å². The molecular weight excluding hydrogens is 916 g/mol. The molecule has 0 saturated carbocycles. The maximum Gasteiger partial charge on any atom is 0.187 e. The second-order valence-corrected chi connectivity index (χ2v) is 17.5. The van der Waals surface area contributed by atoms with Crippen molar-refractivity contribution in [2.24, 2.45) is 0 Å². The van der Waals surface area contributed by atoms with Crippen LogP contribution in [-0.2, 0) is 42.6 Å². The highest BCUT2D eigenvalue weighted by molar-refractivity contribution is 4.97. The van der Waals surface area contributed by atoms with Crippen molar-refractivity contribution in [3.05, 3.63) is 0 Å². The Morgan fingerprint density at radius 2 is 0.522 bits per heavy atom. The van der Waals surface area contributed by atoms with E-state index in [4.69, 9.17) is 52.8 Å². The highest BCUT2D eigenvalue weighted by atomic mass is 16.7. The zero-order chi connectivity index (χ0) is 50.5. The average Bonchev–Trinajstić information content (AvgIpc) is 3.30. The third-order valence-corrected chi connectivity index (χ3v) is 12.6. The van der Waals surface area contributed by atoms with Crippen molar-refractivity contribution < 1.29 is 140 Å². The largest absolute Gasteiger partial charge is 0.394 e. The van der Waals surface area contributed by atoms with Crippen LogP contribution in [0.25, 0.3) is 0 Å². The summed E-state index contributed by atoms with van der Waals surface area (Å²) in [5, 5.41) is 185. The SMILES string of the molecule is CC1OC(CO)C(OC2OC(CO)C(O)C(O)C2O)C(O)C1O.CC1OC(CO)C(OC2OC(CO)C(O)C(O)C2O)C(O)C1O.CC1OC(OC2C(C)OC(C)C(O)C2O)C(O)C(O)C1O. The monoisotopic (exact) mass is 988 g/mol. The molecular formula is C39H72O28. The first kappa shape index (κ1) is 58.5. The Bertz CT molecular complexity index is 1370. The van der Waals surface area contributed by atoms with Crippen molar-refractivity contribution in [3.8, 4) is 0 Å². The van der Waals surface area contributed by atoms with Crippen molar-refractivity contribution in [2.75, 3.05) is 26.4 Å². The van der Waals surface area contributed by atoms with Crippen LogP contribution >= 0.6 is 0 Å². The number of hydrogen-bond acceptors (Lipinski definition) is 28. The first-order chi connectivity index (χ1) is 31.4. The van der Waals surface area contributed by atoms with Gasteiger partial charge in [0.1, 0.15) is 134 Å². The van der Waals surface area contributed by atoms with Gasteiger partial charge in [-0.3, -0.25) is 0 Å². The summed E-state index contributed by atoms with van der Waals surface area (Å²) in [7, 11) is 0. The predicted octanol–water partition coefficient (Wildman–Crippen LogP) is -10.9. The van der Waals surface area contributed by atoms with Crippen molar-refractivity contribution in [2.45, 2.75) is 218 Å². The average molecular weight is 989 g/mol. The smallest absolute Gasteiger partial charge is 0.187 e. The fraction of sp³-hybridized carbons (Fsp3) is 1.00. The fourth-order valence-electron chi connectivity index (χ4n) is 8.27. The summed E-state index contributed by atoms with van der Waals surface area (Å²) in [4.78, 5) is 0. The molecule has 0 aliphatic carbocycles. The summed E-state index contributed by atoms with van der Waals surface area (Å²) >= 11 is 0. The first-order valence-electron chi connectivity index (χ1n) is 21.9. The molecule has 30 unspecified atom stereocenters. The van der Waals surface area contributed by atoms with E-state index >= 15 is 0 Å². The molecule has 0 bridgehead atoms. The van der Waals surface area contributed by atoms with Crippen LogP contribution in [0.15, 0.2) is 0 Å². The summed E-state index contributed by atoms with van der Waals surface area (Å²) in [6.45, 7) is 5.57. The van der Waals surface area contributed by atoms with E-state index in [1.165, 1.54) is 20.8 Å². The Labute approximate surface area is 384 Å². The van der Waals surface area contributed by atoms with E-state index in [2.05, 4.69) is 0 Å². The summed E-state index contributed by atoms with van der Waals surface area (Å²) < 4.78 is 48.0. The minimum atomic E-state index is -1.66. The van der Waals surface area contributed by atoms with Crippen molar-refractivity contribution >= 4 is 0 Å². The van der Waals surface area contributed by atoms with Gasteiger partial charge in [0, 0.05) is 0 Å². The Kier molecular flexibility index (Phi) is 22.3. The third-order valence-electron chi connectivity index (χ3n) is 12.6. The lowest BCUT2D eigenvalue weighted by Crippen LogP contribution is -2.64. The van der Waals surface area contributed by atoms with Gasteiger partial charge >= 0.3 is 0 Å². The van der Waals surface area contributed by atoms with Crippen LogP contribution in [0, 0.1) is 0 Å². The molecule has 19 N–H and O–H groups in total. The Morgan fingerprint density at radius 1 is 0.254 bits per heavy atom. The second kappa shape index (κ2) is 25.5. The topological polar surface area (TPSA) is 467 Å². The zero-order valence-corrected chi connectivity index (χ0v) is 37.3. The van der Waals surface area contributed by atoms with Crippen LogP contribution in [0.5, 0.6) is 0 Å². The van der Waals surface area contributed by atoms with Crippen LogP contribution in [0.3, 0.4) is 0 Å². The van der Waals surface area contributed by atoms with Gasteiger partial charge in [0.05, 0.1) is 56.9 Å². The number of hydrogen-bond donors (Lipinski definition) is 19. The molecule has 0 aromatic carbocycles. The maximum absolute atomic E-state index is 10.1. The molecule has 6 aliphatic heterocycles. The molecule has 0 spiro atoms. The van der Waals surface area contributed by atoms with Crippen molar-refractivity contribution in [1.29, 1.82) is 0 Å². The van der Waals surface area contributed by atoms with Gasteiger partial charge in [-0.2, -0.15) is 0 Å². The van der Waals surface area contributed by atoms with E-state index < -0.39 is 210 Å². The normalized spacial score (nSPS) is 52.8. The summed E-state index contributed by atoms with van der Waals surface area (Å²) in [5.74, 6) is 0. The van der Waals surface area contributed by atoms with Crippen molar-refractivity contribution in [3.63, 3.8) is 0 Å². The van der Waals surface area contributed by atoms with Crippen LogP contribution in [0.1, 0.15) is 34.6 Å².